The van der Waals surface area contributed by atoms with Crippen LogP contribution in [-0.4, -0.2) is 38.6 Å². The molecule has 2 aliphatic rings. The number of rotatable bonds is 3. The normalized spacial score (nSPS) is 25.5. The first-order valence-corrected chi connectivity index (χ1v) is 8.49. The molecule has 0 radical (unpaired) electrons. The minimum absolute atomic E-state index is 0.0339. The molecule has 0 aliphatic carbocycles. The summed E-state index contributed by atoms with van der Waals surface area (Å²) in [5.41, 5.74) is 6.35. The van der Waals surface area contributed by atoms with Gasteiger partial charge in [-0.05, 0) is 44.4 Å². The number of benzene rings is 1. The maximum absolute atomic E-state index is 12.9. The average Bonchev–Trinajstić information content (AvgIpc) is 3.03. The molecular formula is C14H20N2O4S. The van der Waals surface area contributed by atoms with Gasteiger partial charge in [-0.25, -0.2) is 8.42 Å². The molecule has 1 fully saturated rings. The van der Waals surface area contributed by atoms with Crippen molar-refractivity contribution in [1.29, 1.82) is 0 Å². The molecule has 0 saturated carbocycles. The van der Waals surface area contributed by atoms with Crippen molar-refractivity contribution in [2.75, 3.05) is 19.9 Å². The minimum Gasteiger partial charge on any atom is -0.454 e. The molecule has 2 heterocycles. The van der Waals surface area contributed by atoms with Gasteiger partial charge in [0.2, 0.25) is 16.8 Å². The number of hydrogen-bond acceptors (Lipinski definition) is 5. The van der Waals surface area contributed by atoms with E-state index in [1.54, 1.807) is 23.4 Å². The number of ether oxygens (including phenoxy) is 2. The molecule has 0 aromatic heterocycles. The van der Waals surface area contributed by atoms with E-state index >= 15 is 0 Å². The fourth-order valence-electron chi connectivity index (χ4n) is 3.04. The third kappa shape index (κ3) is 2.39. The molecule has 1 aromatic carbocycles. The van der Waals surface area contributed by atoms with Crippen molar-refractivity contribution in [2.24, 2.45) is 11.7 Å². The lowest BCUT2D eigenvalue weighted by atomic mass is 10.1. The van der Waals surface area contributed by atoms with E-state index in [0.29, 0.717) is 30.2 Å². The summed E-state index contributed by atoms with van der Waals surface area (Å²) in [5.74, 6) is 1.31. The SMILES string of the molecule is Cc1cc2c(cc1S(=O)(=O)N1CC(CN)CC1C)OCO2. The standard InChI is InChI=1S/C14H20N2O4S/c1-9-3-12-13(20-8-19-12)5-14(9)21(17,18)16-7-11(6-15)4-10(16)2/h3,5,10-11H,4,6-8,15H2,1-2H3. The Kier molecular flexibility index (Phi) is 3.59. The lowest BCUT2D eigenvalue weighted by molar-refractivity contribution is 0.174. The lowest BCUT2D eigenvalue weighted by Crippen LogP contribution is -2.34. The van der Waals surface area contributed by atoms with Crippen molar-refractivity contribution in [3.8, 4) is 11.5 Å². The molecule has 1 saturated heterocycles. The van der Waals surface area contributed by atoms with Crippen molar-refractivity contribution >= 4 is 10.0 Å². The van der Waals surface area contributed by atoms with Crippen molar-refractivity contribution in [1.82, 2.24) is 4.31 Å². The van der Waals surface area contributed by atoms with Crippen LogP contribution < -0.4 is 15.2 Å². The summed E-state index contributed by atoms with van der Waals surface area (Å²) in [7, 11) is -3.54. The molecule has 6 nitrogen and oxygen atoms in total. The molecule has 0 bridgehead atoms. The first-order chi connectivity index (χ1) is 9.93. The van der Waals surface area contributed by atoms with Crippen molar-refractivity contribution in [3.05, 3.63) is 17.7 Å². The Morgan fingerprint density at radius 1 is 1.33 bits per heavy atom. The Morgan fingerprint density at radius 3 is 2.62 bits per heavy atom. The zero-order chi connectivity index (χ0) is 15.2. The van der Waals surface area contributed by atoms with Gasteiger partial charge >= 0.3 is 0 Å². The zero-order valence-corrected chi connectivity index (χ0v) is 13.0. The largest absolute Gasteiger partial charge is 0.454 e. The smallest absolute Gasteiger partial charge is 0.243 e. The van der Waals surface area contributed by atoms with E-state index in [9.17, 15) is 8.42 Å². The van der Waals surface area contributed by atoms with Gasteiger partial charge in [0, 0.05) is 18.7 Å². The van der Waals surface area contributed by atoms with E-state index in [1.165, 1.54) is 0 Å². The van der Waals surface area contributed by atoms with Gasteiger partial charge < -0.3 is 15.2 Å². The molecule has 116 valence electrons. The van der Waals surface area contributed by atoms with Crippen molar-refractivity contribution in [3.63, 3.8) is 0 Å². The van der Waals surface area contributed by atoms with Gasteiger partial charge in [0.15, 0.2) is 11.5 Å². The third-order valence-electron chi connectivity index (χ3n) is 4.19. The monoisotopic (exact) mass is 312 g/mol. The molecule has 21 heavy (non-hydrogen) atoms. The lowest BCUT2D eigenvalue weighted by Gasteiger charge is -2.22. The van der Waals surface area contributed by atoms with Crippen LogP contribution >= 0.6 is 0 Å². The number of aryl methyl sites for hydroxylation is 1. The zero-order valence-electron chi connectivity index (χ0n) is 12.2. The first kappa shape index (κ1) is 14.6. The van der Waals surface area contributed by atoms with E-state index in [1.807, 2.05) is 6.92 Å². The Bertz CT molecular complexity index is 659. The van der Waals surface area contributed by atoms with Crippen LogP contribution in [0.4, 0.5) is 0 Å². The highest BCUT2D eigenvalue weighted by Gasteiger charge is 2.38. The molecule has 0 amide bonds. The molecule has 0 spiro atoms. The Hall–Kier alpha value is -1.31. The van der Waals surface area contributed by atoms with Gasteiger partial charge in [0.05, 0.1) is 4.90 Å². The second-order valence-electron chi connectivity index (χ2n) is 5.73. The summed E-state index contributed by atoms with van der Waals surface area (Å²) < 4.78 is 38.0. The minimum atomic E-state index is -3.54. The summed E-state index contributed by atoms with van der Waals surface area (Å²) in [6.45, 7) is 4.82. The second-order valence-corrected chi connectivity index (χ2v) is 7.59. The van der Waals surface area contributed by atoms with Crippen molar-refractivity contribution in [2.45, 2.75) is 31.2 Å². The van der Waals surface area contributed by atoms with Gasteiger partial charge in [-0.2, -0.15) is 4.31 Å². The number of fused-ring (bicyclic) bond motifs is 1. The van der Waals surface area contributed by atoms with Gasteiger partial charge in [-0.3, -0.25) is 0 Å². The van der Waals surface area contributed by atoms with Gasteiger partial charge in [-0.1, -0.05) is 0 Å². The van der Waals surface area contributed by atoms with Crippen LogP contribution in [0.5, 0.6) is 11.5 Å². The molecule has 7 heteroatoms. The van der Waals surface area contributed by atoms with E-state index in [-0.39, 0.29) is 23.6 Å². The maximum Gasteiger partial charge on any atom is 0.243 e. The van der Waals surface area contributed by atoms with E-state index in [0.717, 1.165) is 6.42 Å². The van der Waals surface area contributed by atoms with Crippen LogP contribution in [0.1, 0.15) is 18.9 Å². The Labute approximate surface area is 124 Å². The molecule has 3 rings (SSSR count). The molecule has 1 aromatic rings. The number of nitrogens with zero attached hydrogens (tertiary/aromatic N) is 1. The highest BCUT2D eigenvalue weighted by molar-refractivity contribution is 7.89. The van der Waals surface area contributed by atoms with Gasteiger partial charge in [-0.15, -0.1) is 0 Å². The fraction of sp³-hybridized carbons (Fsp3) is 0.571. The predicted molar refractivity (Wildman–Crippen MR) is 77.8 cm³/mol. The van der Waals surface area contributed by atoms with Crippen LogP contribution in [0.3, 0.4) is 0 Å². The summed E-state index contributed by atoms with van der Waals surface area (Å²) in [6.07, 6.45) is 0.805. The quantitative estimate of drug-likeness (QED) is 0.903. The van der Waals surface area contributed by atoms with Crippen LogP contribution in [-0.2, 0) is 10.0 Å². The van der Waals surface area contributed by atoms with Crippen LogP contribution in [0.15, 0.2) is 17.0 Å². The van der Waals surface area contributed by atoms with Crippen LogP contribution in [0.2, 0.25) is 0 Å². The third-order valence-corrected chi connectivity index (χ3v) is 6.32. The average molecular weight is 312 g/mol. The Balaban J connectivity index is 1.99. The van der Waals surface area contributed by atoms with E-state index < -0.39 is 10.0 Å². The summed E-state index contributed by atoms with van der Waals surface area (Å²) in [4.78, 5) is 0.288. The van der Waals surface area contributed by atoms with Crippen LogP contribution in [0.25, 0.3) is 0 Å². The fourth-order valence-corrected chi connectivity index (χ4v) is 4.99. The van der Waals surface area contributed by atoms with E-state index in [2.05, 4.69) is 0 Å². The van der Waals surface area contributed by atoms with E-state index in [4.69, 9.17) is 15.2 Å². The molecule has 2 aliphatic heterocycles. The molecule has 2 N–H and O–H groups in total. The topological polar surface area (TPSA) is 81.9 Å². The van der Waals surface area contributed by atoms with Gasteiger partial charge in [0.1, 0.15) is 0 Å². The van der Waals surface area contributed by atoms with Crippen molar-refractivity contribution < 1.29 is 17.9 Å². The summed E-state index contributed by atoms with van der Waals surface area (Å²) in [6, 6.07) is 3.25. The van der Waals surface area contributed by atoms with Crippen LogP contribution in [0, 0.1) is 12.8 Å². The van der Waals surface area contributed by atoms with Gasteiger partial charge in [0.25, 0.3) is 0 Å². The highest BCUT2D eigenvalue weighted by atomic mass is 32.2. The number of hydrogen-bond donors (Lipinski definition) is 1. The molecule has 2 atom stereocenters. The highest BCUT2D eigenvalue weighted by Crippen LogP contribution is 2.38. The summed E-state index contributed by atoms with van der Waals surface area (Å²) in [5, 5.41) is 0. The Morgan fingerprint density at radius 2 is 2.00 bits per heavy atom. The second kappa shape index (κ2) is 5.15. The number of sulfonamides is 1. The molecular weight excluding hydrogens is 292 g/mol. The number of nitrogens with two attached hydrogens (primary N) is 1. The summed E-state index contributed by atoms with van der Waals surface area (Å²) >= 11 is 0. The predicted octanol–water partition coefficient (Wildman–Crippen LogP) is 1.08. The molecule has 2 unspecified atom stereocenters. The first-order valence-electron chi connectivity index (χ1n) is 7.05. The maximum atomic E-state index is 12.9.